The molecule has 0 saturated carbocycles. The van der Waals surface area contributed by atoms with Gasteiger partial charge in [-0.05, 0) is 24.2 Å². The molecule has 0 aliphatic rings. The Bertz CT molecular complexity index is 763. The number of hydrogen-bond acceptors (Lipinski definition) is 5. The number of nitrogens with zero attached hydrogens (tertiary/aromatic N) is 1. The average molecular weight is 343 g/mol. The summed E-state index contributed by atoms with van der Waals surface area (Å²) in [6.07, 6.45) is 4.45. The van der Waals surface area contributed by atoms with Crippen molar-refractivity contribution in [3.63, 3.8) is 0 Å². The van der Waals surface area contributed by atoms with Crippen LogP contribution in [0.3, 0.4) is 0 Å². The summed E-state index contributed by atoms with van der Waals surface area (Å²) in [6.45, 7) is 2.57. The summed E-state index contributed by atoms with van der Waals surface area (Å²) < 4.78 is 35.5. The quantitative estimate of drug-likeness (QED) is 0.598. The van der Waals surface area contributed by atoms with Gasteiger partial charge in [-0.1, -0.05) is 23.5 Å². The highest BCUT2D eigenvalue weighted by molar-refractivity contribution is 8.02. The number of hydrogen-bond donors (Lipinski definition) is 0. The summed E-state index contributed by atoms with van der Waals surface area (Å²) in [5, 5.41) is 1.08. The van der Waals surface area contributed by atoms with Gasteiger partial charge < -0.3 is 4.55 Å². The molecular weight excluding hydrogens is 326 g/mol. The normalized spacial score (nSPS) is 13.0. The second kappa shape index (κ2) is 6.91. The molecule has 0 aliphatic carbocycles. The SMILES string of the molecule is CS/C(C)=C/c1sc2ccccc2[n+]1CCCS(=O)(=O)[O-]. The molecule has 21 heavy (non-hydrogen) atoms. The Hall–Kier alpha value is -0.890. The summed E-state index contributed by atoms with van der Waals surface area (Å²) in [6, 6.07) is 8.01. The van der Waals surface area contributed by atoms with Crippen molar-refractivity contribution < 1.29 is 17.5 Å². The van der Waals surface area contributed by atoms with E-state index in [0.29, 0.717) is 13.0 Å². The minimum atomic E-state index is -4.15. The van der Waals surface area contributed by atoms with Crippen LogP contribution in [-0.2, 0) is 16.7 Å². The highest BCUT2D eigenvalue weighted by Crippen LogP contribution is 2.24. The lowest BCUT2D eigenvalue weighted by Crippen LogP contribution is -2.36. The van der Waals surface area contributed by atoms with E-state index < -0.39 is 10.1 Å². The molecule has 1 heterocycles. The number of aromatic nitrogens is 1. The Morgan fingerprint density at radius 2 is 2.14 bits per heavy atom. The molecule has 0 fully saturated rings. The van der Waals surface area contributed by atoms with Gasteiger partial charge in [0.1, 0.15) is 4.70 Å². The molecule has 0 N–H and O–H groups in total. The topological polar surface area (TPSA) is 61.1 Å². The van der Waals surface area contributed by atoms with E-state index in [0.717, 1.165) is 15.2 Å². The molecule has 4 nitrogen and oxygen atoms in total. The van der Waals surface area contributed by atoms with E-state index in [4.69, 9.17) is 0 Å². The number of para-hydroxylation sites is 1. The van der Waals surface area contributed by atoms with Gasteiger partial charge in [-0.2, -0.15) is 4.57 Å². The van der Waals surface area contributed by atoms with Crippen LogP contribution < -0.4 is 4.57 Å². The molecule has 0 atom stereocenters. The fourth-order valence-electron chi connectivity index (χ4n) is 2.02. The van der Waals surface area contributed by atoms with Crippen LogP contribution >= 0.6 is 23.1 Å². The molecule has 1 aromatic heterocycles. The van der Waals surface area contributed by atoms with Gasteiger partial charge in [-0.25, -0.2) is 8.42 Å². The number of benzene rings is 1. The minimum Gasteiger partial charge on any atom is -0.748 e. The zero-order valence-corrected chi connectivity index (χ0v) is 14.4. The van der Waals surface area contributed by atoms with Crippen LogP contribution in [0.25, 0.3) is 16.3 Å². The van der Waals surface area contributed by atoms with Crippen LogP contribution in [0.1, 0.15) is 18.4 Å². The van der Waals surface area contributed by atoms with Gasteiger partial charge in [0, 0.05) is 24.3 Å². The third-order valence-electron chi connectivity index (χ3n) is 3.06. The third kappa shape index (κ3) is 4.54. The largest absolute Gasteiger partial charge is 0.748 e. The Balaban J connectivity index is 2.36. The second-order valence-corrected chi connectivity index (χ2v) is 8.27. The summed E-state index contributed by atoms with van der Waals surface area (Å²) in [5.74, 6) is -0.325. The van der Waals surface area contributed by atoms with E-state index in [1.54, 1.807) is 23.1 Å². The predicted molar refractivity (Wildman–Crippen MR) is 88.4 cm³/mol. The summed E-state index contributed by atoms with van der Waals surface area (Å²) in [4.78, 5) is 1.19. The van der Waals surface area contributed by atoms with Crippen molar-refractivity contribution in [3.05, 3.63) is 34.2 Å². The molecule has 0 amide bonds. The molecule has 0 bridgehead atoms. The van der Waals surface area contributed by atoms with Gasteiger partial charge in [0.2, 0.25) is 5.52 Å². The Kier molecular flexibility index (Phi) is 5.43. The molecular formula is C14H17NO3S3. The summed E-state index contributed by atoms with van der Waals surface area (Å²) in [5.41, 5.74) is 1.07. The van der Waals surface area contributed by atoms with Crippen LogP contribution in [0.5, 0.6) is 0 Å². The molecule has 0 saturated heterocycles. The first-order valence-corrected chi connectivity index (χ1v) is 10.1. The number of thiazole rings is 1. The molecule has 7 heteroatoms. The number of aryl methyl sites for hydroxylation is 1. The Morgan fingerprint density at radius 3 is 2.81 bits per heavy atom. The van der Waals surface area contributed by atoms with Gasteiger partial charge >= 0.3 is 0 Å². The number of rotatable bonds is 6. The smallest absolute Gasteiger partial charge is 0.263 e. The van der Waals surface area contributed by atoms with Crippen molar-refractivity contribution in [2.24, 2.45) is 0 Å². The van der Waals surface area contributed by atoms with Crippen LogP contribution in [-0.4, -0.2) is 25.0 Å². The highest BCUT2D eigenvalue weighted by Gasteiger charge is 2.18. The first-order valence-electron chi connectivity index (χ1n) is 6.48. The van der Waals surface area contributed by atoms with E-state index in [2.05, 4.69) is 10.6 Å². The van der Waals surface area contributed by atoms with E-state index in [1.807, 2.05) is 37.4 Å². The molecule has 1 aromatic carbocycles. The average Bonchev–Trinajstić information content (AvgIpc) is 2.75. The van der Waals surface area contributed by atoms with Crippen LogP contribution in [0.4, 0.5) is 0 Å². The summed E-state index contributed by atoms with van der Waals surface area (Å²) in [7, 11) is -4.15. The zero-order chi connectivity index (χ0) is 15.5. The lowest BCUT2D eigenvalue weighted by Gasteiger charge is -2.04. The van der Waals surface area contributed by atoms with Gasteiger partial charge in [-0.3, -0.25) is 0 Å². The Labute approximate surface area is 133 Å². The zero-order valence-electron chi connectivity index (χ0n) is 11.9. The predicted octanol–water partition coefficient (Wildman–Crippen LogP) is 2.85. The lowest BCUT2D eigenvalue weighted by atomic mass is 10.3. The standard InChI is InChI=1S/C14H17NO3S3/c1-11(19-2)10-14-15(8-5-9-21(16,17)18)12-6-3-4-7-13(12)20-14/h3-4,6-7,10H,5,8-9H2,1-2H3/b11-10+. The molecule has 0 unspecified atom stereocenters. The monoisotopic (exact) mass is 343 g/mol. The van der Waals surface area contributed by atoms with Crippen molar-refractivity contribution in [1.82, 2.24) is 0 Å². The number of allylic oxidation sites excluding steroid dienone is 1. The van der Waals surface area contributed by atoms with Crippen molar-refractivity contribution in [3.8, 4) is 0 Å². The molecule has 114 valence electrons. The second-order valence-electron chi connectivity index (χ2n) is 4.63. The van der Waals surface area contributed by atoms with Gasteiger partial charge in [-0.15, -0.1) is 11.8 Å². The fraction of sp³-hybridized carbons (Fsp3) is 0.357. The Morgan fingerprint density at radius 1 is 1.43 bits per heavy atom. The van der Waals surface area contributed by atoms with Crippen LogP contribution in [0, 0.1) is 0 Å². The van der Waals surface area contributed by atoms with E-state index in [9.17, 15) is 13.0 Å². The van der Waals surface area contributed by atoms with Gasteiger partial charge in [0.05, 0.1) is 10.1 Å². The molecule has 2 rings (SSSR count). The van der Waals surface area contributed by atoms with Crippen molar-refractivity contribution in [2.75, 3.05) is 12.0 Å². The van der Waals surface area contributed by atoms with E-state index >= 15 is 0 Å². The third-order valence-corrected chi connectivity index (χ3v) is 5.72. The van der Waals surface area contributed by atoms with Gasteiger partial charge in [0.15, 0.2) is 6.54 Å². The van der Waals surface area contributed by atoms with Crippen molar-refractivity contribution >= 4 is 49.5 Å². The van der Waals surface area contributed by atoms with Crippen molar-refractivity contribution in [2.45, 2.75) is 19.9 Å². The molecule has 0 radical (unpaired) electrons. The fourth-order valence-corrected chi connectivity index (χ4v) is 4.00. The number of fused-ring (bicyclic) bond motifs is 1. The first-order chi connectivity index (χ1) is 9.90. The van der Waals surface area contributed by atoms with Crippen molar-refractivity contribution in [1.29, 1.82) is 0 Å². The number of thioether (sulfide) groups is 1. The first kappa shape index (κ1) is 16.5. The van der Waals surface area contributed by atoms with E-state index in [1.165, 1.54) is 4.91 Å². The molecule has 2 aromatic rings. The minimum absolute atomic E-state index is 0.325. The maximum atomic E-state index is 10.8. The van der Waals surface area contributed by atoms with Crippen LogP contribution in [0.2, 0.25) is 0 Å². The van der Waals surface area contributed by atoms with Gasteiger partial charge in [0.25, 0.3) is 5.01 Å². The summed E-state index contributed by atoms with van der Waals surface area (Å²) >= 11 is 3.35. The van der Waals surface area contributed by atoms with Crippen LogP contribution in [0.15, 0.2) is 29.2 Å². The molecule has 0 spiro atoms. The lowest BCUT2D eigenvalue weighted by molar-refractivity contribution is -0.668. The maximum absolute atomic E-state index is 10.8. The molecule has 0 aliphatic heterocycles. The highest BCUT2D eigenvalue weighted by atomic mass is 32.2. The maximum Gasteiger partial charge on any atom is 0.263 e. The van der Waals surface area contributed by atoms with E-state index in [-0.39, 0.29) is 5.75 Å².